The van der Waals surface area contributed by atoms with Crippen molar-refractivity contribution >= 4 is 63.7 Å². The molecule has 230 valence electrons. The van der Waals surface area contributed by atoms with E-state index in [-0.39, 0.29) is 41.1 Å². The Labute approximate surface area is 250 Å². The zero-order chi connectivity index (χ0) is 31.2. The fraction of sp³-hybridized carbons (Fsp3) is 0.560. The second-order valence-electron chi connectivity index (χ2n) is 10.2. The predicted octanol–water partition coefficient (Wildman–Crippen LogP) is 0.490. The second kappa shape index (κ2) is 14.0. The lowest BCUT2D eigenvalue weighted by atomic mass is 9.98. The number of thioether (sulfide) groups is 1. The number of nitrogens with one attached hydrogen (secondary N) is 1. The number of fused-ring (bicyclic) bond motifs is 1. The fourth-order valence-corrected chi connectivity index (χ4v) is 5.49. The van der Waals surface area contributed by atoms with Crippen LogP contribution in [-0.4, -0.2) is 88.5 Å². The van der Waals surface area contributed by atoms with Gasteiger partial charge in [0.2, 0.25) is 6.79 Å². The molecule has 2 amide bonds. The number of hydrogen-bond donors (Lipinski definition) is 3. The molecule has 0 bridgehead atoms. The highest BCUT2D eigenvalue weighted by atomic mass is 32.2. The third kappa shape index (κ3) is 7.77. The zero-order valence-electron chi connectivity index (χ0n) is 23.8. The number of β-lactam (4-membered cyclic amide) rings is 1. The van der Waals surface area contributed by atoms with Gasteiger partial charge >= 0.3 is 17.9 Å². The summed E-state index contributed by atoms with van der Waals surface area (Å²) in [7, 11) is 0. The Morgan fingerprint density at radius 2 is 1.95 bits per heavy atom. The highest BCUT2D eigenvalue weighted by Crippen LogP contribution is 2.41. The van der Waals surface area contributed by atoms with Crippen LogP contribution >= 0.6 is 23.1 Å². The standard InChI is InChI=1S/C25H34N6O9S2/c1-6-14(7-26)40-30-16(15-10-42-24(27)28-15)19(33)29-17-20(34)31-18(13(8-37-12(2)32)9-41-21(17)31)22(35)38-11-39-23(36)25(3,4)5/h10,14,17,21H,6-9,11,26H2,1-5H3,(H2,27,28)(H,29,33)/t14?,17-,21-/m1/s1. The first kappa shape index (κ1) is 32.8. The highest BCUT2D eigenvalue weighted by Gasteiger charge is 2.55. The first-order valence-electron chi connectivity index (χ1n) is 12.9. The largest absolute Gasteiger partial charge is 0.461 e. The van der Waals surface area contributed by atoms with Crippen molar-refractivity contribution < 1.29 is 43.0 Å². The van der Waals surface area contributed by atoms with Gasteiger partial charge in [-0.3, -0.25) is 24.1 Å². The molecule has 15 nitrogen and oxygen atoms in total. The van der Waals surface area contributed by atoms with Crippen molar-refractivity contribution in [3.8, 4) is 0 Å². The number of ether oxygens (including phenoxy) is 3. The fourth-order valence-electron chi connectivity index (χ4n) is 3.61. The van der Waals surface area contributed by atoms with Crippen LogP contribution in [-0.2, 0) is 43.0 Å². The molecule has 5 N–H and O–H groups in total. The lowest BCUT2D eigenvalue weighted by molar-refractivity contribution is -0.173. The molecule has 0 saturated carbocycles. The summed E-state index contributed by atoms with van der Waals surface area (Å²) in [5.41, 5.74) is 10.7. The van der Waals surface area contributed by atoms with Gasteiger partial charge in [-0.25, -0.2) is 9.78 Å². The van der Waals surface area contributed by atoms with Crippen molar-refractivity contribution in [1.82, 2.24) is 15.2 Å². The number of anilines is 1. The number of carbonyl (C=O) groups is 5. The number of nitrogens with two attached hydrogens (primary N) is 2. The van der Waals surface area contributed by atoms with E-state index in [1.165, 1.54) is 24.1 Å². The molecular formula is C25H34N6O9S2. The number of esters is 3. The maximum absolute atomic E-state index is 13.3. The average molecular weight is 627 g/mol. The van der Waals surface area contributed by atoms with Crippen LogP contribution in [0.3, 0.4) is 0 Å². The molecule has 1 aromatic rings. The second-order valence-corrected chi connectivity index (χ2v) is 12.2. The van der Waals surface area contributed by atoms with Crippen LogP contribution in [0.2, 0.25) is 0 Å². The van der Waals surface area contributed by atoms with Gasteiger partial charge in [0.15, 0.2) is 10.8 Å². The molecule has 1 saturated heterocycles. The summed E-state index contributed by atoms with van der Waals surface area (Å²) in [5, 5.41) is 7.62. The Kier molecular flexibility index (Phi) is 10.9. The lowest BCUT2D eigenvalue weighted by Gasteiger charge is -2.49. The third-order valence-corrected chi connectivity index (χ3v) is 7.97. The van der Waals surface area contributed by atoms with Crippen molar-refractivity contribution in [3.05, 3.63) is 22.3 Å². The monoisotopic (exact) mass is 626 g/mol. The quantitative estimate of drug-likeness (QED) is 0.0948. The summed E-state index contributed by atoms with van der Waals surface area (Å²) in [6.07, 6.45) is 0.0923. The van der Waals surface area contributed by atoms with Crippen LogP contribution < -0.4 is 16.8 Å². The van der Waals surface area contributed by atoms with Crippen molar-refractivity contribution in [1.29, 1.82) is 0 Å². The van der Waals surface area contributed by atoms with E-state index in [0.29, 0.717) is 12.0 Å². The van der Waals surface area contributed by atoms with Crippen LogP contribution in [0.1, 0.15) is 46.7 Å². The number of amides is 2. The number of aromatic nitrogens is 1. The van der Waals surface area contributed by atoms with Gasteiger partial charge in [-0.05, 0) is 27.2 Å². The number of hydrogen-bond acceptors (Lipinski definition) is 15. The predicted molar refractivity (Wildman–Crippen MR) is 152 cm³/mol. The van der Waals surface area contributed by atoms with E-state index in [1.54, 1.807) is 20.8 Å². The van der Waals surface area contributed by atoms with E-state index < -0.39 is 59.4 Å². The van der Waals surface area contributed by atoms with Gasteiger partial charge in [0.1, 0.15) is 35.5 Å². The first-order chi connectivity index (χ1) is 19.8. The Hall–Kier alpha value is -3.70. The van der Waals surface area contributed by atoms with Crippen molar-refractivity contribution in [2.24, 2.45) is 16.3 Å². The molecule has 17 heteroatoms. The molecule has 3 atom stereocenters. The van der Waals surface area contributed by atoms with Gasteiger partial charge < -0.3 is 35.8 Å². The van der Waals surface area contributed by atoms with Crippen molar-refractivity contribution in [2.75, 3.05) is 31.4 Å². The number of nitrogen functional groups attached to an aromatic ring is 1. The topological polar surface area (TPSA) is 215 Å². The molecule has 3 rings (SSSR count). The Bertz CT molecular complexity index is 1290. The Morgan fingerprint density at radius 3 is 2.52 bits per heavy atom. The summed E-state index contributed by atoms with van der Waals surface area (Å²) in [6.45, 7) is 7.18. The molecular weight excluding hydrogens is 592 g/mol. The zero-order valence-corrected chi connectivity index (χ0v) is 25.5. The molecule has 42 heavy (non-hydrogen) atoms. The third-order valence-electron chi connectivity index (χ3n) is 5.96. The van der Waals surface area contributed by atoms with Crippen LogP contribution in [0.4, 0.5) is 5.13 Å². The lowest BCUT2D eigenvalue weighted by Crippen LogP contribution is -2.71. The molecule has 2 aliphatic heterocycles. The minimum Gasteiger partial charge on any atom is -0.461 e. The van der Waals surface area contributed by atoms with Crippen LogP contribution in [0, 0.1) is 5.41 Å². The maximum atomic E-state index is 13.3. The number of thiazole rings is 1. The maximum Gasteiger partial charge on any atom is 0.358 e. The number of rotatable bonds is 12. The van der Waals surface area contributed by atoms with Gasteiger partial charge in [-0.15, -0.1) is 23.1 Å². The smallest absolute Gasteiger partial charge is 0.358 e. The summed E-state index contributed by atoms with van der Waals surface area (Å²) in [4.78, 5) is 73.8. The number of oxime groups is 1. The summed E-state index contributed by atoms with van der Waals surface area (Å²) in [6, 6.07) is -1.04. The van der Waals surface area contributed by atoms with Gasteiger partial charge in [0, 0.05) is 30.2 Å². The molecule has 0 aromatic carbocycles. The molecule has 2 aliphatic rings. The molecule has 0 radical (unpaired) electrons. The van der Waals surface area contributed by atoms with E-state index in [9.17, 15) is 24.0 Å². The van der Waals surface area contributed by atoms with Gasteiger partial charge in [0.05, 0.1) is 5.41 Å². The van der Waals surface area contributed by atoms with E-state index >= 15 is 0 Å². The Morgan fingerprint density at radius 1 is 1.24 bits per heavy atom. The summed E-state index contributed by atoms with van der Waals surface area (Å²) < 4.78 is 15.2. The van der Waals surface area contributed by atoms with E-state index in [0.717, 1.165) is 16.2 Å². The van der Waals surface area contributed by atoms with Gasteiger partial charge in [-0.1, -0.05) is 12.1 Å². The van der Waals surface area contributed by atoms with Crippen molar-refractivity contribution in [2.45, 2.75) is 58.6 Å². The molecule has 0 aliphatic carbocycles. The van der Waals surface area contributed by atoms with E-state index in [1.807, 2.05) is 6.92 Å². The molecule has 1 aromatic heterocycles. The Balaban J connectivity index is 1.79. The minimum atomic E-state index is -1.04. The molecule has 0 spiro atoms. The van der Waals surface area contributed by atoms with E-state index in [4.69, 9.17) is 30.5 Å². The van der Waals surface area contributed by atoms with E-state index in [2.05, 4.69) is 15.5 Å². The van der Waals surface area contributed by atoms with Gasteiger partial charge in [-0.2, -0.15) is 0 Å². The van der Waals surface area contributed by atoms with Crippen LogP contribution in [0.25, 0.3) is 0 Å². The van der Waals surface area contributed by atoms with Crippen molar-refractivity contribution in [3.63, 3.8) is 0 Å². The number of nitrogens with zero attached hydrogens (tertiary/aromatic N) is 3. The SMILES string of the molecule is CCC(CN)ON=C(C(=O)N[C@@H]1C(=O)N2C(C(=O)OCOC(=O)C(C)(C)C)=C(COC(C)=O)CS[C@H]12)c1csc(N)n1. The van der Waals surface area contributed by atoms with Crippen LogP contribution in [0.5, 0.6) is 0 Å². The van der Waals surface area contributed by atoms with Crippen LogP contribution in [0.15, 0.2) is 21.8 Å². The summed E-state index contributed by atoms with van der Waals surface area (Å²) in [5.74, 6) is -3.32. The molecule has 1 unspecified atom stereocenters. The highest BCUT2D eigenvalue weighted by molar-refractivity contribution is 8.00. The minimum absolute atomic E-state index is 0.152. The molecule has 3 heterocycles. The average Bonchev–Trinajstić information content (AvgIpc) is 3.36. The number of carbonyl (C=O) groups excluding carboxylic acids is 5. The summed E-state index contributed by atoms with van der Waals surface area (Å²) >= 11 is 2.34. The molecule has 1 fully saturated rings. The first-order valence-corrected chi connectivity index (χ1v) is 14.8. The van der Waals surface area contributed by atoms with Gasteiger partial charge in [0.25, 0.3) is 11.8 Å². The normalized spacial score (nSPS) is 19.3.